The van der Waals surface area contributed by atoms with E-state index in [1.165, 1.54) is 12.1 Å². The molecule has 0 fully saturated rings. The minimum Gasteiger partial charge on any atom is -0.495 e. The molecule has 112 valence electrons. The van der Waals surface area contributed by atoms with E-state index in [1.807, 2.05) is 19.1 Å². The maximum Gasteiger partial charge on any atom is 0.141 e. The van der Waals surface area contributed by atoms with Gasteiger partial charge in [-0.25, -0.2) is 4.39 Å². The van der Waals surface area contributed by atoms with Crippen molar-refractivity contribution in [2.75, 3.05) is 14.2 Å². The lowest BCUT2D eigenvalue weighted by Gasteiger charge is -2.19. The molecule has 0 N–H and O–H groups in total. The lowest BCUT2D eigenvalue weighted by atomic mass is 9.99. The van der Waals surface area contributed by atoms with Gasteiger partial charge in [-0.05, 0) is 52.2 Å². The van der Waals surface area contributed by atoms with E-state index >= 15 is 0 Å². The highest BCUT2D eigenvalue weighted by molar-refractivity contribution is 9.10. The summed E-state index contributed by atoms with van der Waals surface area (Å²) >= 11 is 7.12. The molecule has 2 rings (SSSR count). The zero-order chi connectivity index (χ0) is 15.6. The maximum absolute atomic E-state index is 13.5. The molecule has 21 heavy (non-hydrogen) atoms. The predicted molar refractivity (Wildman–Crippen MR) is 89.2 cm³/mol. The van der Waals surface area contributed by atoms with Gasteiger partial charge >= 0.3 is 0 Å². The van der Waals surface area contributed by atoms with E-state index in [1.54, 1.807) is 20.3 Å². The molecule has 1 atom stereocenters. The van der Waals surface area contributed by atoms with Gasteiger partial charge in [0.15, 0.2) is 0 Å². The van der Waals surface area contributed by atoms with Gasteiger partial charge < -0.3 is 9.47 Å². The Morgan fingerprint density at radius 2 is 1.76 bits per heavy atom. The van der Waals surface area contributed by atoms with Crippen LogP contribution in [-0.2, 0) is 0 Å². The van der Waals surface area contributed by atoms with Crippen molar-refractivity contribution < 1.29 is 13.9 Å². The third-order valence-electron chi connectivity index (χ3n) is 3.30. The Morgan fingerprint density at radius 3 is 2.38 bits per heavy atom. The van der Waals surface area contributed by atoms with Crippen molar-refractivity contribution in [1.29, 1.82) is 0 Å². The molecule has 0 aliphatic rings. The smallest absolute Gasteiger partial charge is 0.141 e. The predicted octanol–water partition coefficient (Wildman–Crippen LogP) is 5.40. The van der Waals surface area contributed by atoms with Gasteiger partial charge in [0.05, 0.1) is 19.0 Å². The second kappa shape index (κ2) is 6.79. The van der Waals surface area contributed by atoms with Gasteiger partial charge in [0.25, 0.3) is 0 Å². The number of ether oxygens (including phenoxy) is 2. The highest BCUT2D eigenvalue weighted by atomic mass is 79.9. The first-order valence-corrected chi connectivity index (χ1v) is 8.01. The van der Waals surface area contributed by atoms with Crippen LogP contribution in [0.4, 0.5) is 4.39 Å². The second-order valence-electron chi connectivity index (χ2n) is 4.57. The fraction of sp³-hybridized carbons (Fsp3) is 0.250. The van der Waals surface area contributed by atoms with Gasteiger partial charge in [0.1, 0.15) is 21.8 Å². The van der Waals surface area contributed by atoms with Crippen LogP contribution in [0.25, 0.3) is 0 Å². The van der Waals surface area contributed by atoms with E-state index in [0.29, 0.717) is 11.5 Å². The van der Waals surface area contributed by atoms with E-state index in [2.05, 4.69) is 31.9 Å². The molecule has 2 aromatic rings. The van der Waals surface area contributed by atoms with E-state index in [0.717, 1.165) is 21.2 Å². The van der Waals surface area contributed by atoms with E-state index < -0.39 is 0 Å². The van der Waals surface area contributed by atoms with E-state index in [9.17, 15) is 4.39 Å². The summed E-state index contributed by atoms with van der Waals surface area (Å²) < 4.78 is 25.0. The summed E-state index contributed by atoms with van der Waals surface area (Å²) in [4.78, 5) is -0.176. The summed E-state index contributed by atoms with van der Waals surface area (Å²) in [5.74, 6) is 1.10. The number of benzene rings is 2. The summed E-state index contributed by atoms with van der Waals surface area (Å²) in [6.45, 7) is 1.95. The zero-order valence-corrected chi connectivity index (χ0v) is 15.1. The second-order valence-corrected chi connectivity index (χ2v) is 6.28. The molecular weight excluding hydrogens is 403 g/mol. The Kier molecular flexibility index (Phi) is 5.27. The lowest BCUT2D eigenvalue weighted by Crippen LogP contribution is -2.01. The SMILES string of the molecule is COc1ccc(C(Br)c2cc(F)ccc2C)c(OC)c1Br. The molecule has 1 unspecified atom stereocenters. The molecule has 2 nitrogen and oxygen atoms in total. The van der Waals surface area contributed by atoms with Crippen LogP contribution in [0, 0.1) is 12.7 Å². The van der Waals surface area contributed by atoms with Gasteiger partial charge in [-0.15, -0.1) is 0 Å². The number of alkyl halides is 1. The number of methoxy groups -OCH3 is 2. The summed E-state index contributed by atoms with van der Waals surface area (Å²) in [6, 6.07) is 8.52. The van der Waals surface area contributed by atoms with Crippen molar-refractivity contribution in [3.8, 4) is 11.5 Å². The van der Waals surface area contributed by atoms with E-state index in [4.69, 9.17) is 9.47 Å². The Morgan fingerprint density at radius 1 is 1.05 bits per heavy atom. The molecule has 0 aliphatic heterocycles. The molecule has 0 saturated heterocycles. The van der Waals surface area contributed by atoms with Crippen LogP contribution >= 0.6 is 31.9 Å². The molecule has 0 bridgehead atoms. The Balaban J connectivity index is 2.55. The third kappa shape index (κ3) is 3.24. The molecule has 0 spiro atoms. The van der Waals surface area contributed by atoms with Crippen LogP contribution in [0.1, 0.15) is 21.5 Å². The molecule has 0 amide bonds. The number of halogens is 3. The summed E-state index contributed by atoms with van der Waals surface area (Å²) in [5, 5.41) is 0. The van der Waals surface area contributed by atoms with Crippen LogP contribution in [-0.4, -0.2) is 14.2 Å². The number of rotatable bonds is 4. The molecule has 5 heteroatoms. The van der Waals surface area contributed by atoms with Gasteiger partial charge in [-0.3, -0.25) is 0 Å². The highest BCUT2D eigenvalue weighted by Crippen LogP contribution is 2.44. The fourth-order valence-corrected chi connectivity index (χ4v) is 3.71. The Bertz CT molecular complexity index is 659. The molecule has 0 heterocycles. The number of aryl methyl sites for hydroxylation is 1. The molecule has 2 aromatic carbocycles. The monoisotopic (exact) mass is 416 g/mol. The molecule has 0 saturated carbocycles. The van der Waals surface area contributed by atoms with E-state index in [-0.39, 0.29) is 10.6 Å². The van der Waals surface area contributed by atoms with Crippen molar-refractivity contribution in [3.05, 3.63) is 57.3 Å². The highest BCUT2D eigenvalue weighted by Gasteiger charge is 2.21. The van der Waals surface area contributed by atoms with Crippen molar-refractivity contribution >= 4 is 31.9 Å². The first kappa shape index (κ1) is 16.3. The largest absolute Gasteiger partial charge is 0.495 e. The average Bonchev–Trinajstić information content (AvgIpc) is 2.48. The molecular formula is C16H15Br2FO2. The van der Waals surface area contributed by atoms with Gasteiger partial charge in [-0.1, -0.05) is 28.1 Å². The molecule has 0 aliphatic carbocycles. The van der Waals surface area contributed by atoms with Gasteiger partial charge in [0.2, 0.25) is 0 Å². The van der Waals surface area contributed by atoms with Crippen LogP contribution in [0.15, 0.2) is 34.8 Å². The first-order chi connectivity index (χ1) is 9.99. The number of hydrogen-bond donors (Lipinski definition) is 0. The molecule has 0 radical (unpaired) electrons. The van der Waals surface area contributed by atoms with Crippen molar-refractivity contribution in [1.82, 2.24) is 0 Å². The Labute approximate surface area is 140 Å². The van der Waals surface area contributed by atoms with Gasteiger partial charge in [0, 0.05) is 5.56 Å². The Hall–Kier alpha value is -1.07. The summed E-state index contributed by atoms with van der Waals surface area (Å²) in [7, 11) is 3.20. The van der Waals surface area contributed by atoms with Crippen molar-refractivity contribution in [3.63, 3.8) is 0 Å². The zero-order valence-electron chi connectivity index (χ0n) is 11.9. The molecule has 0 aromatic heterocycles. The van der Waals surface area contributed by atoms with Crippen molar-refractivity contribution in [2.45, 2.75) is 11.8 Å². The topological polar surface area (TPSA) is 18.5 Å². The van der Waals surface area contributed by atoms with Crippen molar-refractivity contribution in [2.24, 2.45) is 0 Å². The van der Waals surface area contributed by atoms with Gasteiger partial charge in [-0.2, -0.15) is 0 Å². The standard InChI is InChI=1S/C16H15Br2FO2/c1-9-4-5-10(19)8-12(9)14(17)11-6-7-13(20-2)15(18)16(11)21-3/h4-8,14H,1-3H3. The normalized spacial score (nSPS) is 12.1. The minimum atomic E-state index is -0.258. The summed E-state index contributed by atoms with van der Waals surface area (Å²) in [5.41, 5.74) is 2.77. The third-order valence-corrected chi connectivity index (χ3v) is 5.04. The lowest BCUT2D eigenvalue weighted by molar-refractivity contribution is 0.386. The fourth-order valence-electron chi connectivity index (χ4n) is 2.17. The summed E-state index contributed by atoms with van der Waals surface area (Å²) in [6.07, 6.45) is 0. The van der Waals surface area contributed by atoms with Crippen LogP contribution in [0.2, 0.25) is 0 Å². The van der Waals surface area contributed by atoms with Crippen LogP contribution < -0.4 is 9.47 Å². The van der Waals surface area contributed by atoms with Crippen LogP contribution in [0.5, 0.6) is 11.5 Å². The maximum atomic E-state index is 13.5. The first-order valence-electron chi connectivity index (χ1n) is 6.30. The number of hydrogen-bond acceptors (Lipinski definition) is 2. The minimum absolute atomic E-state index is 0.176. The average molecular weight is 418 g/mol. The quantitative estimate of drug-likeness (QED) is 0.620. The van der Waals surface area contributed by atoms with Crippen LogP contribution in [0.3, 0.4) is 0 Å².